The highest BCUT2D eigenvalue weighted by Gasteiger charge is 2.18. The average Bonchev–Trinajstić information content (AvgIpc) is 2.95. The molecular weight excluding hydrogens is 339 g/mol. The number of hydrogen-bond acceptors (Lipinski definition) is 5. The predicted octanol–water partition coefficient (Wildman–Crippen LogP) is 2.30. The number of fused-ring (bicyclic) bond motifs is 1. The van der Waals surface area contributed by atoms with Crippen molar-refractivity contribution in [2.45, 2.75) is 26.8 Å². The Labute approximate surface area is 149 Å². The van der Waals surface area contributed by atoms with Crippen LogP contribution in [0.15, 0.2) is 41.3 Å². The van der Waals surface area contributed by atoms with E-state index in [0.717, 1.165) is 0 Å². The summed E-state index contributed by atoms with van der Waals surface area (Å²) in [5.41, 5.74) is 1.19. The minimum atomic E-state index is -1.28. The first-order chi connectivity index (χ1) is 12.5. The molecule has 8 heteroatoms. The predicted molar refractivity (Wildman–Crippen MR) is 96.5 cm³/mol. The van der Waals surface area contributed by atoms with Crippen LogP contribution in [-0.2, 0) is 11.3 Å². The lowest BCUT2D eigenvalue weighted by molar-refractivity contribution is -0.148. The third-order valence-electron chi connectivity index (χ3n) is 3.96. The number of hydrogen-bond donors (Lipinski definition) is 2. The molecule has 3 rings (SSSR count). The number of halogens is 1. The Hall–Kier alpha value is -2.71. The zero-order valence-corrected chi connectivity index (χ0v) is 14.6. The van der Waals surface area contributed by atoms with E-state index in [1.54, 1.807) is 25.3 Å². The fourth-order valence-electron chi connectivity index (χ4n) is 2.84. The molecule has 3 aromatic rings. The van der Waals surface area contributed by atoms with Gasteiger partial charge in [-0.1, -0.05) is 0 Å². The third-order valence-corrected chi connectivity index (χ3v) is 3.96. The van der Waals surface area contributed by atoms with Gasteiger partial charge in [0.25, 0.3) is 5.56 Å². The summed E-state index contributed by atoms with van der Waals surface area (Å²) in [5, 5.41) is 13.4. The van der Waals surface area contributed by atoms with Crippen molar-refractivity contribution in [1.82, 2.24) is 14.1 Å². The summed E-state index contributed by atoms with van der Waals surface area (Å²) in [6.45, 7) is 4.69. The smallest absolute Gasteiger partial charge is 0.274 e. The van der Waals surface area contributed by atoms with E-state index in [1.165, 1.54) is 27.3 Å². The van der Waals surface area contributed by atoms with Gasteiger partial charge in [0.15, 0.2) is 0 Å². The molecular formula is C18H21FN4O3. The summed E-state index contributed by atoms with van der Waals surface area (Å²) in [7, 11) is 0. The SMILES string of the molecule is CCNc1cccn(Cc2nc3cc(F)ccc3n2C(O)OCC)c1=O. The molecule has 1 aromatic carbocycles. The van der Waals surface area contributed by atoms with Crippen LogP contribution in [0.2, 0.25) is 0 Å². The molecule has 7 nitrogen and oxygen atoms in total. The molecule has 2 N–H and O–H groups in total. The largest absolute Gasteiger partial charge is 0.381 e. The van der Waals surface area contributed by atoms with Crippen molar-refractivity contribution in [1.29, 1.82) is 0 Å². The Bertz CT molecular complexity index is 967. The number of ether oxygens (including phenoxy) is 1. The first kappa shape index (κ1) is 18.1. The van der Waals surface area contributed by atoms with Gasteiger partial charge in [0.2, 0.25) is 6.41 Å². The third kappa shape index (κ3) is 3.47. The maximum absolute atomic E-state index is 13.5. The minimum Gasteiger partial charge on any atom is -0.381 e. The topological polar surface area (TPSA) is 81.3 Å². The number of aromatic nitrogens is 3. The molecule has 0 saturated heterocycles. The number of imidazole rings is 1. The summed E-state index contributed by atoms with van der Waals surface area (Å²) in [6.07, 6.45) is 0.360. The van der Waals surface area contributed by atoms with Crippen LogP contribution >= 0.6 is 0 Å². The van der Waals surface area contributed by atoms with Gasteiger partial charge in [0, 0.05) is 25.4 Å². The zero-order chi connectivity index (χ0) is 18.7. The lowest BCUT2D eigenvalue weighted by Gasteiger charge is -2.17. The van der Waals surface area contributed by atoms with Crippen LogP contribution in [0.5, 0.6) is 0 Å². The van der Waals surface area contributed by atoms with Crippen LogP contribution in [0, 0.1) is 5.82 Å². The quantitative estimate of drug-likeness (QED) is 0.632. The van der Waals surface area contributed by atoms with Gasteiger partial charge in [-0.2, -0.15) is 0 Å². The second-order valence-corrected chi connectivity index (χ2v) is 5.70. The van der Waals surface area contributed by atoms with Crippen LogP contribution in [-0.4, -0.2) is 32.4 Å². The Kier molecular flexibility index (Phi) is 5.34. The molecule has 1 unspecified atom stereocenters. The highest BCUT2D eigenvalue weighted by Crippen LogP contribution is 2.22. The fourth-order valence-corrected chi connectivity index (χ4v) is 2.84. The molecule has 26 heavy (non-hydrogen) atoms. The second kappa shape index (κ2) is 7.67. The van der Waals surface area contributed by atoms with Crippen LogP contribution in [0.4, 0.5) is 10.1 Å². The summed E-state index contributed by atoms with van der Waals surface area (Å²) in [5.74, 6) is -0.0341. The molecule has 1 atom stereocenters. The van der Waals surface area contributed by atoms with Crippen LogP contribution in [0.3, 0.4) is 0 Å². The number of benzene rings is 1. The monoisotopic (exact) mass is 360 g/mol. The van der Waals surface area contributed by atoms with Crippen LogP contribution in [0.1, 0.15) is 26.1 Å². The molecule has 138 valence electrons. The van der Waals surface area contributed by atoms with Gasteiger partial charge in [0.05, 0.1) is 17.6 Å². The van der Waals surface area contributed by atoms with Gasteiger partial charge in [-0.05, 0) is 38.1 Å². The van der Waals surface area contributed by atoms with Crippen molar-refractivity contribution < 1.29 is 14.2 Å². The molecule has 0 aliphatic carbocycles. The Balaban J connectivity index is 2.08. The number of aliphatic hydroxyl groups excluding tert-OH is 1. The lowest BCUT2D eigenvalue weighted by Crippen LogP contribution is -2.25. The van der Waals surface area contributed by atoms with E-state index in [2.05, 4.69) is 10.3 Å². The minimum absolute atomic E-state index is 0.110. The second-order valence-electron chi connectivity index (χ2n) is 5.70. The first-order valence-electron chi connectivity index (χ1n) is 8.44. The van der Waals surface area contributed by atoms with Crippen molar-refractivity contribution in [3.8, 4) is 0 Å². The van der Waals surface area contributed by atoms with E-state index in [1.807, 2.05) is 6.92 Å². The van der Waals surface area contributed by atoms with Crippen molar-refractivity contribution in [2.75, 3.05) is 18.5 Å². The number of nitrogens with one attached hydrogen (secondary N) is 1. The van der Waals surface area contributed by atoms with Crippen molar-refractivity contribution in [2.24, 2.45) is 0 Å². The summed E-state index contributed by atoms with van der Waals surface area (Å²) >= 11 is 0. The van der Waals surface area contributed by atoms with Crippen LogP contribution < -0.4 is 10.9 Å². The zero-order valence-electron chi connectivity index (χ0n) is 14.6. The molecule has 0 aliphatic heterocycles. The molecule has 0 amide bonds. The van der Waals surface area contributed by atoms with E-state index >= 15 is 0 Å². The van der Waals surface area contributed by atoms with E-state index < -0.39 is 12.2 Å². The van der Waals surface area contributed by atoms with E-state index in [4.69, 9.17) is 4.74 Å². The molecule has 0 radical (unpaired) electrons. The van der Waals surface area contributed by atoms with Gasteiger partial charge >= 0.3 is 0 Å². The number of aliphatic hydroxyl groups is 1. The Morgan fingerprint density at radius 3 is 2.88 bits per heavy atom. The molecule has 2 aromatic heterocycles. The summed E-state index contributed by atoms with van der Waals surface area (Å²) in [6, 6.07) is 7.56. The van der Waals surface area contributed by atoms with Crippen molar-refractivity contribution in [3.05, 3.63) is 58.5 Å². The van der Waals surface area contributed by atoms with E-state index in [-0.39, 0.29) is 18.7 Å². The molecule has 0 saturated carbocycles. The molecule has 0 fully saturated rings. The van der Waals surface area contributed by atoms with Crippen molar-refractivity contribution in [3.63, 3.8) is 0 Å². The number of rotatable bonds is 7. The summed E-state index contributed by atoms with van der Waals surface area (Å²) in [4.78, 5) is 16.9. The fraction of sp³-hybridized carbons (Fsp3) is 0.333. The Morgan fingerprint density at radius 1 is 1.35 bits per heavy atom. The van der Waals surface area contributed by atoms with Crippen LogP contribution in [0.25, 0.3) is 11.0 Å². The Morgan fingerprint density at radius 2 is 2.15 bits per heavy atom. The highest BCUT2D eigenvalue weighted by molar-refractivity contribution is 5.76. The summed E-state index contributed by atoms with van der Waals surface area (Å²) < 4.78 is 21.8. The maximum Gasteiger partial charge on any atom is 0.274 e. The number of pyridine rings is 1. The lowest BCUT2D eigenvalue weighted by atomic mass is 10.3. The standard InChI is InChI=1S/C18H21FN4O3/c1-3-20-13-6-5-9-22(17(13)24)11-16-21-14-10-12(19)7-8-15(14)23(16)18(25)26-4-2/h5-10,18,20,25H,3-4,11H2,1-2H3. The van der Waals surface area contributed by atoms with Gasteiger partial charge < -0.3 is 19.7 Å². The van der Waals surface area contributed by atoms with E-state index in [9.17, 15) is 14.3 Å². The van der Waals surface area contributed by atoms with Gasteiger partial charge in [-0.25, -0.2) is 9.37 Å². The average molecular weight is 360 g/mol. The van der Waals surface area contributed by atoms with Gasteiger partial charge in [-0.3, -0.25) is 9.36 Å². The molecule has 0 spiro atoms. The van der Waals surface area contributed by atoms with Gasteiger partial charge in [-0.15, -0.1) is 0 Å². The first-order valence-corrected chi connectivity index (χ1v) is 8.44. The molecule has 0 aliphatic rings. The molecule has 0 bridgehead atoms. The number of anilines is 1. The normalized spacial score (nSPS) is 12.5. The van der Waals surface area contributed by atoms with E-state index in [0.29, 0.717) is 29.1 Å². The van der Waals surface area contributed by atoms with Gasteiger partial charge in [0.1, 0.15) is 17.3 Å². The highest BCUT2D eigenvalue weighted by atomic mass is 19.1. The number of nitrogens with zero attached hydrogens (tertiary/aromatic N) is 3. The molecule has 2 heterocycles. The maximum atomic E-state index is 13.5. The van der Waals surface area contributed by atoms with Crippen molar-refractivity contribution >= 4 is 16.7 Å².